The van der Waals surface area contributed by atoms with E-state index >= 15 is 0 Å². The van der Waals surface area contributed by atoms with E-state index in [9.17, 15) is 8.42 Å². The highest BCUT2D eigenvalue weighted by atomic mass is 35.5. The number of hydrogen-bond acceptors (Lipinski definition) is 4. The predicted molar refractivity (Wildman–Crippen MR) is 76.0 cm³/mol. The molecular weight excluding hydrogens is 286 g/mol. The number of imidazole rings is 1. The van der Waals surface area contributed by atoms with Gasteiger partial charge in [-0.05, 0) is 25.0 Å². The van der Waals surface area contributed by atoms with E-state index in [1.54, 1.807) is 16.7 Å². The molecule has 0 bridgehead atoms. The summed E-state index contributed by atoms with van der Waals surface area (Å²) in [4.78, 5) is 4.23. The van der Waals surface area contributed by atoms with Gasteiger partial charge in [0.1, 0.15) is 0 Å². The van der Waals surface area contributed by atoms with Crippen LogP contribution in [0.2, 0.25) is 5.02 Å². The zero-order chi connectivity index (χ0) is 13.6. The van der Waals surface area contributed by atoms with Crippen LogP contribution in [0.15, 0.2) is 18.2 Å². The summed E-state index contributed by atoms with van der Waals surface area (Å²) in [5.74, 6) is 0.572. The van der Waals surface area contributed by atoms with Crippen molar-refractivity contribution in [1.29, 1.82) is 0 Å². The van der Waals surface area contributed by atoms with Gasteiger partial charge in [0.05, 0.1) is 27.1 Å². The summed E-state index contributed by atoms with van der Waals surface area (Å²) in [6.45, 7) is 0.328. The Morgan fingerprint density at radius 1 is 1.47 bits per heavy atom. The molecule has 1 aliphatic rings. The third-order valence-corrected chi connectivity index (χ3v) is 6.16. The van der Waals surface area contributed by atoms with E-state index in [0.717, 1.165) is 0 Å². The molecule has 19 heavy (non-hydrogen) atoms. The van der Waals surface area contributed by atoms with Crippen LogP contribution in [0.4, 0.5) is 5.95 Å². The molecule has 3 rings (SSSR count). The Morgan fingerprint density at radius 3 is 2.95 bits per heavy atom. The predicted octanol–water partition coefficient (Wildman–Crippen LogP) is 1.85. The van der Waals surface area contributed by atoms with Crippen LogP contribution < -0.4 is 5.73 Å². The molecule has 2 N–H and O–H groups in total. The van der Waals surface area contributed by atoms with Crippen molar-refractivity contribution in [3.05, 3.63) is 23.2 Å². The van der Waals surface area contributed by atoms with E-state index in [1.807, 2.05) is 6.07 Å². The maximum Gasteiger partial charge on any atom is 0.201 e. The normalized spacial score (nSPS) is 22.1. The summed E-state index contributed by atoms with van der Waals surface area (Å²) in [6.07, 6.45) is 1.39. The zero-order valence-electron chi connectivity index (χ0n) is 10.2. The lowest BCUT2D eigenvalue weighted by Crippen LogP contribution is -2.23. The molecule has 1 unspecified atom stereocenters. The van der Waals surface area contributed by atoms with E-state index in [-0.39, 0.29) is 11.0 Å². The lowest BCUT2D eigenvalue weighted by molar-refractivity contribution is 0.571. The third-order valence-electron chi connectivity index (χ3n) is 3.60. The molecule has 0 radical (unpaired) electrons. The Bertz CT molecular complexity index is 739. The Balaban J connectivity index is 2.08. The van der Waals surface area contributed by atoms with Gasteiger partial charge in [-0.3, -0.25) is 0 Å². The second-order valence-corrected chi connectivity index (χ2v) is 7.63. The van der Waals surface area contributed by atoms with Crippen LogP contribution in [0.25, 0.3) is 11.0 Å². The van der Waals surface area contributed by atoms with Gasteiger partial charge in [-0.2, -0.15) is 0 Å². The van der Waals surface area contributed by atoms with Gasteiger partial charge in [0.2, 0.25) is 5.95 Å². The molecule has 102 valence electrons. The summed E-state index contributed by atoms with van der Waals surface area (Å²) in [5.41, 5.74) is 7.29. The van der Waals surface area contributed by atoms with Crippen LogP contribution >= 0.6 is 11.6 Å². The van der Waals surface area contributed by atoms with Gasteiger partial charge < -0.3 is 10.3 Å². The van der Waals surface area contributed by atoms with E-state index < -0.39 is 9.84 Å². The van der Waals surface area contributed by atoms with Crippen molar-refractivity contribution in [3.8, 4) is 0 Å². The monoisotopic (exact) mass is 299 g/mol. The molecule has 1 atom stereocenters. The number of para-hydroxylation sites is 1. The smallest absolute Gasteiger partial charge is 0.201 e. The molecule has 7 heteroatoms. The van der Waals surface area contributed by atoms with Crippen molar-refractivity contribution in [2.45, 2.75) is 24.6 Å². The number of hydrogen-bond donors (Lipinski definition) is 1. The number of benzene rings is 1. The Hall–Kier alpha value is -1.27. The van der Waals surface area contributed by atoms with Crippen molar-refractivity contribution in [1.82, 2.24) is 9.55 Å². The zero-order valence-corrected chi connectivity index (χ0v) is 11.8. The second-order valence-electron chi connectivity index (χ2n) is 4.82. The highest BCUT2D eigenvalue weighted by Gasteiger charge is 2.32. The topological polar surface area (TPSA) is 78.0 Å². The third kappa shape index (κ3) is 2.08. The minimum absolute atomic E-state index is 0.262. The first-order valence-corrected chi connectivity index (χ1v) is 8.20. The Labute approximate surface area is 116 Å². The van der Waals surface area contributed by atoms with Gasteiger partial charge in [0.25, 0.3) is 0 Å². The van der Waals surface area contributed by atoms with E-state index in [0.29, 0.717) is 41.4 Å². The van der Waals surface area contributed by atoms with Crippen LogP contribution in [-0.2, 0) is 16.4 Å². The molecule has 5 nitrogen and oxygen atoms in total. The summed E-state index contributed by atoms with van der Waals surface area (Å²) >= 11 is 6.17. The first-order chi connectivity index (χ1) is 8.99. The lowest BCUT2D eigenvalue weighted by atomic mass is 10.2. The first kappa shape index (κ1) is 12.7. The summed E-state index contributed by atoms with van der Waals surface area (Å²) in [6, 6.07) is 5.37. The fourth-order valence-corrected chi connectivity index (χ4v) is 4.69. The molecule has 0 spiro atoms. The minimum Gasteiger partial charge on any atom is -0.369 e. The van der Waals surface area contributed by atoms with Crippen molar-refractivity contribution < 1.29 is 8.42 Å². The van der Waals surface area contributed by atoms with E-state index in [2.05, 4.69) is 4.98 Å². The molecule has 1 fully saturated rings. The summed E-state index contributed by atoms with van der Waals surface area (Å²) in [7, 11) is -3.01. The number of sulfone groups is 1. The van der Waals surface area contributed by atoms with Crippen LogP contribution in [-0.4, -0.2) is 29.0 Å². The summed E-state index contributed by atoms with van der Waals surface area (Å²) in [5, 5.41) is 0.153. The SMILES string of the molecule is Nc1nc2cccc(Cl)c2n1CC1CCCS1(=O)=O. The van der Waals surface area contributed by atoms with E-state index in [4.69, 9.17) is 17.3 Å². The average molecular weight is 300 g/mol. The molecular formula is C12H14ClN3O2S. The first-order valence-electron chi connectivity index (χ1n) is 6.11. The maximum absolute atomic E-state index is 11.9. The number of fused-ring (bicyclic) bond motifs is 1. The van der Waals surface area contributed by atoms with Gasteiger partial charge in [-0.25, -0.2) is 13.4 Å². The highest BCUT2D eigenvalue weighted by molar-refractivity contribution is 7.92. The number of nitrogens with zero attached hydrogens (tertiary/aromatic N) is 2. The fraction of sp³-hybridized carbons (Fsp3) is 0.417. The van der Waals surface area contributed by atoms with Gasteiger partial charge in [-0.15, -0.1) is 0 Å². The maximum atomic E-state index is 11.9. The standard InChI is InChI=1S/C12H14ClN3O2S/c13-9-4-1-5-10-11(9)16(12(14)15-10)7-8-3-2-6-19(8,17)18/h1,4-5,8H,2-3,6-7H2,(H2,14,15). The number of anilines is 1. The Kier molecular flexibility index (Phi) is 2.94. The molecule has 0 amide bonds. The number of halogens is 1. The van der Waals surface area contributed by atoms with E-state index in [1.165, 1.54) is 0 Å². The van der Waals surface area contributed by atoms with Crippen LogP contribution in [0.3, 0.4) is 0 Å². The van der Waals surface area contributed by atoms with Crippen molar-refractivity contribution >= 4 is 38.4 Å². The molecule has 0 aliphatic carbocycles. The fourth-order valence-electron chi connectivity index (χ4n) is 2.61. The molecule has 0 saturated carbocycles. The molecule has 1 saturated heterocycles. The molecule has 1 aliphatic heterocycles. The van der Waals surface area contributed by atoms with Crippen LogP contribution in [0, 0.1) is 0 Å². The van der Waals surface area contributed by atoms with Crippen molar-refractivity contribution in [3.63, 3.8) is 0 Å². The highest BCUT2D eigenvalue weighted by Crippen LogP contribution is 2.29. The van der Waals surface area contributed by atoms with Crippen LogP contribution in [0.1, 0.15) is 12.8 Å². The van der Waals surface area contributed by atoms with Crippen LogP contribution in [0.5, 0.6) is 0 Å². The average Bonchev–Trinajstić information content (AvgIpc) is 2.82. The minimum atomic E-state index is -3.01. The second kappa shape index (κ2) is 4.38. The molecule has 2 aromatic rings. The van der Waals surface area contributed by atoms with Crippen molar-refractivity contribution in [2.24, 2.45) is 0 Å². The lowest BCUT2D eigenvalue weighted by Gasteiger charge is -2.12. The van der Waals surface area contributed by atoms with Gasteiger partial charge in [-0.1, -0.05) is 17.7 Å². The van der Waals surface area contributed by atoms with Gasteiger partial charge in [0.15, 0.2) is 9.84 Å². The largest absolute Gasteiger partial charge is 0.369 e. The number of nitrogen functional groups attached to an aromatic ring is 1. The number of aromatic nitrogens is 2. The number of nitrogens with two attached hydrogens (primary N) is 1. The van der Waals surface area contributed by atoms with Gasteiger partial charge in [0, 0.05) is 6.54 Å². The molecule has 1 aromatic heterocycles. The summed E-state index contributed by atoms with van der Waals surface area (Å²) < 4.78 is 25.5. The van der Waals surface area contributed by atoms with Crippen molar-refractivity contribution in [2.75, 3.05) is 11.5 Å². The number of rotatable bonds is 2. The Morgan fingerprint density at radius 2 is 2.26 bits per heavy atom. The quantitative estimate of drug-likeness (QED) is 0.918. The molecule has 2 heterocycles. The molecule has 1 aromatic carbocycles. The van der Waals surface area contributed by atoms with Gasteiger partial charge >= 0.3 is 0 Å².